The van der Waals surface area contributed by atoms with Crippen LogP contribution in [0.5, 0.6) is 11.5 Å². The zero-order chi connectivity index (χ0) is 21.3. The summed E-state index contributed by atoms with van der Waals surface area (Å²) >= 11 is 6.22. The molecule has 1 fully saturated rings. The molecule has 9 nitrogen and oxygen atoms in total. The first kappa shape index (κ1) is 20.2. The van der Waals surface area contributed by atoms with Crippen LogP contribution in [0.15, 0.2) is 24.3 Å². The van der Waals surface area contributed by atoms with E-state index in [4.69, 9.17) is 21.1 Å². The third kappa shape index (κ3) is 3.85. The van der Waals surface area contributed by atoms with Crippen LogP contribution in [0, 0.1) is 12.8 Å². The van der Waals surface area contributed by atoms with Crippen LogP contribution in [0.3, 0.4) is 0 Å². The van der Waals surface area contributed by atoms with Crippen molar-refractivity contribution < 1.29 is 14.3 Å². The Bertz CT molecular complexity index is 1090. The van der Waals surface area contributed by atoms with Gasteiger partial charge in [-0.05, 0) is 38.0 Å². The molecule has 158 valence electrons. The summed E-state index contributed by atoms with van der Waals surface area (Å²) in [5.41, 5.74) is 1.22. The maximum absolute atomic E-state index is 13.0. The Kier molecular flexibility index (Phi) is 5.63. The second-order valence-corrected chi connectivity index (χ2v) is 7.58. The molecule has 0 unspecified atom stereocenters. The molecule has 30 heavy (non-hydrogen) atoms. The van der Waals surface area contributed by atoms with Gasteiger partial charge in [0, 0.05) is 19.2 Å². The van der Waals surface area contributed by atoms with Gasteiger partial charge in [-0.15, -0.1) is 15.3 Å². The smallest absolute Gasteiger partial charge is 0.229 e. The summed E-state index contributed by atoms with van der Waals surface area (Å²) in [5.74, 6) is 2.23. The molecule has 1 aliphatic heterocycles. The van der Waals surface area contributed by atoms with E-state index in [-0.39, 0.29) is 11.8 Å². The first-order chi connectivity index (χ1) is 14.5. The van der Waals surface area contributed by atoms with Crippen LogP contribution in [0.2, 0.25) is 5.02 Å². The second kappa shape index (κ2) is 8.35. The molecule has 3 heterocycles. The molecule has 1 aliphatic rings. The molecule has 2 aromatic heterocycles. The highest BCUT2D eigenvalue weighted by Crippen LogP contribution is 2.36. The maximum atomic E-state index is 13.0. The predicted molar refractivity (Wildman–Crippen MR) is 114 cm³/mol. The molecule has 3 aromatic rings. The number of nitrogens with one attached hydrogen (secondary N) is 1. The van der Waals surface area contributed by atoms with Crippen molar-refractivity contribution in [2.45, 2.75) is 19.8 Å². The van der Waals surface area contributed by atoms with Crippen molar-refractivity contribution in [3.63, 3.8) is 0 Å². The molecular weight excluding hydrogens is 408 g/mol. The van der Waals surface area contributed by atoms with E-state index < -0.39 is 0 Å². The third-order valence-electron chi connectivity index (χ3n) is 5.25. The van der Waals surface area contributed by atoms with E-state index >= 15 is 0 Å². The topological polar surface area (TPSA) is 93.9 Å². The highest BCUT2D eigenvalue weighted by Gasteiger charge is 2.28. The van der Waals surface area contributed by atoms with Crippen LogP contribution < -0.4 is 19.7 Å². The Morgan fingerprint density at radius 3 is 2.77 bits per heavy atom. The number of amides is 1. The van der Waals surface area contributed by atoms with Crippen molar-refractivity contribution in [3.05, 3.63) is 35.1 Å². The molecule has 0 bridgehead atoms. The summed E-state index contributed by atoms with van der Waals surface area (Å²) in [7, 11) is 3.07. The van der Waals surface area contributed by atoms with Gasteiger partial charge in [0.25, 0.3) is 0 Å². The van der Waals surface area contributed by atoms with Crippen LogP contribution >= 0.6 is 11.6 Å². The number of piperidine rings is 1. The summed E-state index contributed by atoms with van der Waals surface area (Å²) < 4.78 is 12.3. The second-order valence-electron chi connectivity index (χ2n) is 7.17. The normalized spacial score (nSPS) is 16.5. The van der Waals surface area contributed by atoms with Crippen LogP contribution in [0.1, 0.15) is 18.7 Å². The van der Waals surface area contributed by atoms with E-state index in [1.54, 1.807) is 16.6 Å². The number of fused-ring (bicyclic) bond motifs is 1. The van der Waals surface area contributed by atoms with Gasteiger partial charge in [-0.3, -0.25) is 4.79 Å². The Morgan fingerprint density at radius 2 is 2.00 bits per heavy atom. The van der Waals surface area contributed by atoms with Gasteiger partial charge in [0.15, 0.2) is 11.5 Å². The van der Waals surface area contributed by atoms with E-state index in [1.165, 1.54) is 14.2 Å². The first-order valence-electron chi connectivity index (χ1n) is 9.66. The van der Waals surface area contributed by atoms with E-state index in [1.807, 2.05) is 19.1 Å². The van der Waals surface area contributed by atoms with Crippen molar-refractivity contribution in [1.82, 2.24) is 19.8 Å². The Labute approximate surface area is 178 Å². The molecular formula is C20H23ClN6O3. The molecule has 0 radical (unpaired) electrons. The molecule has 1 saturated heterocycles. The number of anilines is 2. The Balaban J connectivity index is 1.51. The summed E-state index contributed by atoms with van der Waals surface area (Å²) in [6.45, 7) is 3.26. The van der Waals surface area contributed by atoms with Crippen molar-refractivity contribution in [3.8, 4) is 11.5 Å². The number of carbonyl (C=O) groups is 1. The third-order valence-corrected chi connectivity index (χ3v) is 5.55. The average Bonchev–Trinajstić information content (AvgIpc) is 3.14. The van der Waals surface area contributed by atoms with Crippen molar-refractivity contribution >= 4 is 34.7 Å². The summed E-state index contributed by atoms with van der Waals surface area (Å²) in [4.78, 5) is 15.1. The van der Waals surface area contributed by atoms with E-state index in [0.717, 1.165) is 31.0 Å². The fourth-order valence-electron chi connectivity index (χ4n) is 3.65. The van der Waals surface area contributed by atoms with E-state index in [9.17, 15) is 4.79 Å². The van der Waals surface area contributed by atoms with Gasteiger partial charge in [-0.1, -0.05) is 11.6 Å². The number of hydrogen-bond acceptors (Lipinski definition) is 7. The quantitative estimate of drug-likeness (QED) is 0.665. The van der Waals surface area contributed by atoms with Crippen LogP contribution in [0.25, 0.3) is 5.65 Å². The number of carbonyl (C=O) groups excluding carboxylic acids is 1. The highest BCUT2D eigenvalue weighted by molar-refractivity contribution is 6.32. The zero-order valence-corrected chi connectivity index (χ0v) is 17.8. The van der Waals surface area contributed by atoms with Gasteiger partial charge in [0.2, 0.25) is 5.91 Å². The molecule has 0 spiro atoms. The summed E-state index contributed by atoms with van der Waals surface area (Å²) in [5, 5.41) is 16.1. The molecule has 4 rings (SSSR count). The molecule has 1 amide bonds. The lowest BCUT2D eigenvalue weighted by Crippen LogP contribution is -2.41. The lowest BCUT2D eigenvalue weighted by Gasteiger charge is -2.32. The maximum Gasteiger partial charge on any atom is 0.229 e. The van der Waals surface area contributed by atoms with Crippen molar-refractivity contribution in [2.24, 2.45) is 5.92 Å². The SMILES string of the molecule is COc1cc(OC)c(NC(=O)[C@@H]2CCCN(c3ccc4nnc(C)n4n3)C2)cc1Cl. The standard InChI is InChI=1S/C20H23ClN6O3/c1-12-23-24-18-6-7-19(25-27(12)18)26-8-4-5-13(11-26)20(28)22-15-9-14(21)16(29-2)10-17(15)30-3/h6-7,9-10,13H,4-5,8,11H2,1-3H3,(H,22,28)/t13-/m1/s1. The van der Waals surface area contributed by atoms with Crippen LogP contribution in [-0.2, 0) is 4.79 Å². The Morgan fingerprint density at radius 1 is 1.20 bits per heavy atom. The number of halogens is 1. The number of methoxy groups -OCH3 is 2. The summed E-state index contributed by atoms with van der Waals surface area (Å²) in [6.07, 6.45) is 1.68. The fraction of sp³-hybridized carbons (Fsp3) is 0.400. The van der Waals surface area contributed by atoms with Gasteiger partial charge in [-0.25, -0.2) is 0 Å². The molecule has 1 N–H and O–H groups in total. The monoisotopic (exact) mass is 430 g/mol. The lowest BCUT2D eigenvalue weighted by atomic mass is 9.97. The molecule has 1 atom stereocenters. The molecule has 10 heteroatoms. The summed E-state index contributed by atoms with van der Waals surface area (Å²) in [6, 6.07) is 7.10. The largest absolute Gasteiger partial charge is 0.495 e. The molecule has 1 aromatic carbocycles. The van der Waals surface area contributed by atoms with Gasteiger partial charge in [0.05, 0.1) is 30.8 Å². The molecule has 0 aliphatic carbocycles. The number of aromatic nitrogens is 4. The fourth-order valence-corrected chi connectivity index (χ4v) is 3.89. The first-order valence-corrected chi connectivity index (χ1v) is 10.0. The number of nitrogens with zero attached hydrogens (tertiary/aromatic N) is 5. The minimum Gasteiger partial charge on any atom is -0.495 e. The Hall–Kier alpha value is -3.07. The molecule has 0 saturated carbocycles. The van der Waals surface area contributed by atoms with Gasteiger partial charge in [-0.2, -0.15) is 4.52 Å². The van der Waals surface area contributed by atoms with E-state index in [0.29, 0.717) is 34.4 Å². The average molecular weight is 431 g/mol. The minimum absolute atomic E-state index is 0.0826. The lowest BCUT2D eigenvalue weighted by molar-refractivity contribution is -0.120. The number of ether oxygens (including phenoxy) is 2. The highest BCUT2D eigenvalue weighted by atomic mass is 35.5. The number of aryl methyl sites for hydroxylation is 1. The zero-order valence-electron chi connectivity index (χ0n) is 17.1. The van der Waals surface area contributed by atoms with Crippen molar-refractivity contribution in [2.75, 3.05) is 37.5 Å². The van der Waals surface area contributed by atoms with Gasteiger partial charge >= 0.3 is 0 Å². The predicted octanol–water partition coefficient (Wildman–Crippen LogP) is 2.96. The van der Waals surface area contributed by atoms with E-state index in [2.05, 4.69) is 25.5 Å². The van der Waals surface area contributed by atoms with Gasteiger partial charge in [0.1, 0.15) is 17.3 Å². The minimum atomic E-state index is -0.191. The van der Waals surface area contributed by atoms with Crippen LogP contribution in [0.4, 0.5) is 11.5 Å². The van der Waals surface area contributed by atoms with Crippen molar-refractivity contribution in [1.29, 1.82) is 0 Å². The van der Waals surface area contributed by atoms with Gasteiger partial charge < -0.3 is 19.7 Å². The van der Waals surface area contributed by atoms with Crippen LogP contribution in [-0.4, -0.2) is 53.0 Å². The number of hydrogen-bond donors (Lipinski definition) is 1. The number of benzene rings is 1. The number of rotatable bonds is 5.